The van der Waals surface area contributed by atoms with Crippen molar-refractivity contribution in [3.05, 3.63) is 70.9 Å². The minimum absolute atomic E-state index is 0.0139. The van der Waals surface area contributed by atoms with Crippen molar-refractivity contribution in [2.24, 2.45) is 17.8 Å². The number of nitrogens with zero attached hydrogens (tertiary/aromatic N) is 1. The molecule has 6 rings (SSSR count). The average Bonchev–Trinajstić information content (AvgIpc) is 3.72. The van der Waals surface area contributed by atoms with Crippen molar-refractivity contribution in [2.45, 2.75) is 49.8 Å². The van der Waals surface area contributed by atoms with Crippen LogP contribution in [0.5, 0.6) is 0 Å². The predicted molar refractivity (Wildman–Crippen MR) is 153 cm³/mol. The number of hydrogen-bond donors (Lipinski definition) is 3. The molecule has 11 heteroatoms. The van der Waals surface area contributed by atoms with Crippen molar-refractivity contribution in [3.8, 4) is 11.1 Å². The van der Waals surface area contributed by atoms with E-state index in [-0.39, 0.29) is 30.7 Å². The van der Waals surface area contributed by atoms with Crippen molar-refractivity contribution in [1.29, 1.82) is 0 Å². The highest BCUT2D eigenvalue weighted by atomic mass is 32.2. The molecule has 1 saturated carbocycles. The van der Waals surface area contributed by atoms with Gasteiger partial charge >= 0.3 is 0 Å². The summed E-state index contributed by atoms with van der Waals surface area (Å²) >= 11 is 0. The highest BCUT2D eigenvalue weighted by Crippen LogP contribution is 2.50. The number of benzene rings is 2. The zero-order valence-corrected chi connectivity index (χ0v) is 24.1. The van der Waals surface area contributed by atoms with Gasteiger partial charge in [0.15, 0.2) is 5.60 Å². The van der Waals surface area contributed by atoms with E-state index < -0.39 is 50.4 Å². The number of carbonyl (C=O) groups is 3. The van der Waals surface area contributed by atoms with Crippen molar-refractivity contribution in [2.75, 3.05) is 19.3 Å². The molecule has 2 aliphatic carbocycles. The van der Waals surface area contributed by atoms with Gasteiger partial charge in [-0.1, -0.05) is 55.0 Å². The minimum atomic E-state index is -4.17. The highest BCUT2D eigenvalue weighted by molar-refractivity contribution is 7.94. The predicted octanol–water partition coefficient (Wildman–Crippen LogP) is 2.40. The maximum absolute atomic E-state index is 14.6. The van der Waals surface area contributed by atoms with Crippen LogP contribution in [-0.4, -0.2) is 67.6 Å². The molecule has 0 unspecified atom stereocenters. The quantitative estimate of drug-likeness (QED) is 0.451. The molecular weight excluding hydrogens is 561 g/mol. The summed E-state index contributed by atoms with van der Waals surface area (Å²) in [5.74, 6) is -2.02. The smallest absolute Gasteiger partial charge is 0.264 e. The molecule has 2 heterocycles. The largest absolute Gasteiger partial charge is 0.372 e. The molecule has 2 aliphatic heterocycles. The molecule has 0 spiro atoms. The Hall–Kier alpha value is -3.57. The number of amides is 3. The zero-order chi connectivity index (χ0) is 29.8. The van der Waals surface area contributed by atoms with E-state index >= 15 is 0 Å². The number of rotatable bonds is 7. The van der Waals surface area contributed by atoms with Gasteiger partial charge in [-0.2, -0.15) is 4.39 Å². The second-order valence-electron chi connectivity index (χ2n) is 11.9. The summed E-state index contributed by atoms with van der Waals surface area (Å²) in [5, 5.41) is 16.3. The first kappa shape index (κ1) is 28.5. The van der Waals surface area contributed by atoms with Gasteiger partial charge in [-0.3, -0.25) is 14.4 Å². The van der Waals surface area contributed by atoms with Crippen LogP contribution in [0.15, 0.2) is 59.8 Å². The van der Waals surface area contributed by atoms with Crippen LogP contribution in [-0.2, 0) is 29.8 Å². The van der Waals surface area contributed by atoms with Crippen LogP contribution in [0.3, 0.4) is 0 Å². The molecule has 2 saturated heterocycles. The molecule has 2 aromatic rings. The van der Waals surface area contributed by atoms with Crippen molar-refractivity contribution in [1.82, 2.24) is 15.5 Å². The number of fused-ring (bicyclic) bond motifs is 4. The lowest BCUT2D eigenvalue weighted by atomic mass is 9.88. The van der Waals surface area contributed by atoms with Crippen LogP contribution in [0, 0.1) is 17.8 Å². The Morgan fingerprint density at radius 2 is 1.76 bits per heavy atom. The number of carbonyl (C=O) groups excluding carboxylic acids is 3. The van der Waals surface area contributed by atoms with Crippen LogP contribution >= 0.6 is 0 Å². The highest BCUT2D eigenvalue weighted by Gasteiger charge is 2.56. The number of likely N-dealkylation sites (tertiary alicyclic amines) is 1. The van der Waals surface area contributed by atoms with E-state index in [1.807, 2.05) is 24.3 Å². The van der Waals surface area contributed by atoms with E-state index in [0.29, 0.717) is 30.5 Å². The summed E-state index contributed by atoms with van der Waals surface area (Å²) in [5.41, 5.74) is 0.418. The molecule has 3 fully saturated rings. The second-order valence-corrected chi connectivity index (χ2v) is 13.9. The number of aliphatic hydroxyl groups is 1. The Bertz CT molecular complexity index is 1540. The Labute approximate surface area is 244 Å². The summed E-state index contributed by atoms with van der Waals surface area (Å²) in [6.07, 6.45) is 4.50. The summed E-state index contributed by atoms with van der Waals surface area (Å²) in [7, 11) is -4.17. The molecule has 3 amide bonds. The standard InChI is InChI=1S/C31H34FN3O6S/c1-42(40,41)26(32)16-20(15-18-13-14-33-28(18)36)34-29(37)27-21-10-6-7-19(21)17-35(27)30(38)31(39)24-11-4-2-8-22(24)23-9-3-5-12-25(23)31/h2-5,8-9,11-12,16,18-21,27,39H,6-7,10,13-15,17H2,1H3,(H,33,36)(H,34,37)/b26-16+/t18-,19+,20+,21+,27+/m0/s1. The van der Waals surface area contributed by atoms with Crippen LogP contribution in [0.4, 0.5) is 4.39 Å². The second kappa shape index (κ2) is 10.6. The van der Waals surface area contributed by atoms with Crippen LogP contribution in [0.1, 0.15) is 43.2 Å². The SMILES string of the molecule is CS(=O)(=O)/C(F)=C/[C@@H](C[C@@H]1CCNC1=O)NC(=O)[C@H]1[C@@H]2CCC[C@@H]2CN1C(=O)C1(O)c2ccccc2-c2ccccc21. The van der Waals surface area contributed by atoms with Gasteiger partial charge in [0, 0.05) is 36.4 Å². The van der Waals surface area contributed by atoms with Crippen molar-refractivity contribution >= 4 is 27.6 Å². The number of hydrogen-bond acceptors (Lipinski definition) is 6. The van der Waals surface area contributed by atoms with Gasteiger partial charge < -0.3 is 20.6 Å². The normalized spacial score (nSPS) is 26.8. The Morgan fingerprint density at radius 1 is 1.12 bits per heavy atom. The van der Waals surface area contributed by atoms with E-state index in [0.717, 1.165) is 36.3 Å². The summed E-state index contributed by atoms with van der Waals surface area (Å²) in [4.78, 5) is 42.2. The molecule has 3 N–H and O–H groups in total. The molecule has 42 heavy (non-hydrogen) atoms. The van der Waals surface area contributed by atoms with E-state index in [9.17, 15) is 32.3 Å². The third-order valence-electron chi connectivity index (χ3n) is 9.37. The summed E-state index contributed by atoms with van der Waals surface area (Å²) in [6.45, 7) is 0.732. The fourth-order valence-corrected chi connectivity index (χ4v) is 7.81. The molecular formula is C31H34FN3O6S. The monoisotopic (exact) mass is 595 g/mol. The Kier molecular flexibility index (Phi) is 7.21. The molecule has 5 atom stereocenters. The third kappa shape index (κ3) is 4.72. The number of sulfone groups is 1. The lowest BCUT2D eigenvalue weighted by molar-refractivity contribution is -0.152. The maximum atomic E-state index is 14.6. The fraction of sp³-hybridized carbons (Fsp3) is 0.452. The van der Waals surface area contributed by atoms with Crippen LogP contribution < -0.4 is 10.6 Å². The van der Waals surface area contributed by atoms with Gasteiger partial charge in [0.05, 0.1) is 6.04 Å². The number of nitrogens with one attached hydrogen (secondary N) is 2. The minimum Gasteiger partial charge on any atom is -0.372 e. The molecule has 0 radical (unpaired) electrons. The summed E-state index contributed by atoms with van der Waals surface area (Å²) < 4.78 is 38.4. The summed E-state index contributed by atoms with van der Waals surface area (Å²) in [6, 6.07) is 12.3. The van der Waals surface area contributed by atoms with Gasteiger partial charge in [-0.25, -0.2) is 8.42 Å². The van der Waals surface area contributed by atoms with E-state index in [2.05, 4.69) is 10.6 Å². The maximum Gasteiger partial charge on any atom is 0.264 e. The van der Waals surface area contributed by atoms with Gasteiger partial charge in [0.25, 0.3) is 5.91 Å². The first-order chi connectivity index (χ1) is 20.0. The molecule has 9 nitrogen and oxygen atoms in total. The van der Waals surface area contributed by atoms with E-state index in [1.54, 1.807) is 24.3 Å². The van der Waals surface area contributed by atoms with Gasteiger partial charge in [0.1, 0.15) is 6.04 Å². The van der Waals surface area contributed by atoms with Gasteiger partial charge in [-0.15, -0.1) is 0 Å². The van der Waals surface area contributed by atoms with Gasteiger partial charge in [0.2, 0.25) is 26.8 Å². The Morgan fingerprint density at radius 3 is 2.36 bits per heavy atom. The van der Waals surface area contributed by atoms with Crippen molar-refractivity contribution in [3.63, 3.8) is 0 Å². The number of halogens is 1. The van der Waals surface area contributed by atoms with Crippen LogP contribution in [0.25, 0.3) is 11.1 Å². The first-order valence-electron chi connectivity index (χ1n) is 14.4. The third-order valence-corrected chi connectivity index (χ3v) is 10.2. The molecule has 2 aromatic carbocycles. The lowest BCUT2D eigenvalue weighted by Crippen LogP contribution is -2.55. The zero-order valence-electron chi connectivity index (χ0n) is 23.3. The van der Waals surface area contributed by atoms with Gasteiger partial charge in [-0.05, 0) is 54.7 Å². The first-order valence-corrected chi connectivity index (χ1v) is 16.3. The topological polar surface area (TPSA) is 133 Å². The molecule has 222 valence electrons. The van der Waals surface area contributed by atoms with Crippen LogP contribution in [0.2, 0.25) is 0 Å². The van der Waals surface area contributed by atoms with Crippen molar-refractivity contribution < 1.29 is 32.3 Å². The van der Waals surface area contributed by atoms with E-state index in [4.69, 9.17) is 0 Å². The van der Waals surface area contributed by atoms with E-state index in [1.165, 1.54) is 4.90 Å². The molecule has 0 aromatic heterocycles. The molecule has 4 aliphatic rings. The average molecular weight is 596 g/mol. The molecule has 0 bridgehead atoms. The fourth-order valence-electron chi connectivity index (χ4n) is 7.40. The lowest BCUT2D eigenvalue weighted by Gasteiger charge is -2.34. The Balaban J connectivity index is 1.34.